The zero-order valence-corrected chi connectivity index (χ0v) is 13.3. The second-order valence-corrected chi connectivity index (χ2v) is 5.99. The summed E-state index contributed by atoms with van der Waals surface area (Å²) < 4.78 is 33.1. The summed E-state index contributed by atoms with van der Waals surface area (Å²) in [4.78, 5) is 25.5. The highest BCUT2D eigenvalue weighted by Gasteiger charge is 2.54. The molecule has 0 unspecified atom stereocenters. The molecule has 0 aromatic carbocycles. The maximum absolute atomic E-state index is 14.0. The molecule has 0 heterocycles. The van der Waals surface area contributed by atoms with Gasteiger partial charge in [-0.3, -0.25) is 4.79 Å². The van der Waals surface area contributed by atoms with Crippen LogP contribution in [-0.4, -0.2) is 53.1 Å². The van der Waals surface area contributed by atoms with Gasteiger partial charge >= 0.3 is 12.0 Å². The van der Waals surface area contributed by atoms with Gasteiger partial charge in [-0.2, -0.15) is 8.78 Å². The Balaban J connectivity index is 3.13. The molecule has 2 atom stereocenters. The highest BCUT2D eigenvalue weighted by atomic mass is 19.3. The summed E-state index contributed by atoms with van der Waals surface area (Å²) in [5.41, 5.74) is -1.00. The van der Waals surface area contributed by atoms with E-state index in [4.69, 9.17) is 4.74 Å². The molecular formula is C15H23F2NO4. The smallest absolute Gasteiger partial charge is 0.410 e. The van der Waals surface area contributed by atoms with Crippen LogP contribution in [0.4, 0.5) is 13.6 Å². The molecule has 7 heteroatoms. The first-order chi connectivity index (χ1) is 10.1. The molecule has 1 rings (SSSR count). The lowest BCUT2D eigenvalue weighted by Crippen LogP contribution is -2.54. The third kappa shape index (κ3) is 3.63. The molecule has 22 heavy (non-hydrogen) atoms. The van der Waals surface area contributed by atoms with Crippen molar-refractivity contribution in [3.8, 4) is 0 Å². The molecule has 0 spiro atoms. The zero-order chi connectivity index (χ0) is 17.1. The summed E-state index contributed by atoms with van der Waals surface area (Å²) >= 11 is 0. The number of hydrogen-bond acceptors (Lipinski definition) is 4. The van der Waals surface area contributed by atoms with Gasteiger partial charge in [0.05, 0.1) is 0 Å². The predicted octanol–water partition coefficient (Wildman–Crippen LogP) is 2.38. The van der Waals surface area contributed by atoms with Crippen LogP contribution in [0, 0.1) is 5.41 Å². The third-order valence-corrected chi connectivity index (χ3v) is 3.85. The van der Waals surface area contributed by atoms with Crippen molar-refractivity contribution in [2.75, 3.05) is 13.1 Å². The number of ether oxygens (including phenoxy) is 1. The van der Waals surface area contributed by atoms with Gasteiger partial charge in [0.15, 0.2) is 6.10 Å². The van der Waals surface area contributed by atoms with Gasteiger partial charge in [-0.05, 0) is 20.3 Å². The molecule has 0 aliphatic heterocycles. The highest BCUT2D eigenvalue weighted by Crippen LogP contribution is 2.37. The van der Waals surface area contributed by atoms with Crippen molar-refractivity contribution in [3.63, 3.8) is 0 Å². The largest absolute Gasteiger partial charge is 0.437 e. The first-order valence-corrected chi connectivity index (χ1v) is 7.30. The Morgan fingerprint density at radius 3 is 2.45 bits per heavy atom. The maximum Gasteiger partial charge on any atom is 0.410 e. The summed E-state index contributed by atoms with van der Waals surface area (Å²) in [5, 5.41) is 9.43. The normalized spacial score (nSPS) is 28.4. The van der Waals surface area contributed by atoms with Crippen LogP contribution in [0.15, 0.2) is 12.2 Å². The number of amides is 1. The quantitative estimate of drug-likeness (QED) is 0.811. The molecule has 126 valence electrons. The summed E-state index contributed by atoms with van der Waals surface area (Å²) in [6.07, 6.45) is -2.15. The Kier molecular flexibility index (Phi) is 5.67. The number of carbonyl (C=O) groups excluding carboxylic acids is 2. The van der Waals surface area contributed by atoms with Gasteiger partial charge in [0.25, 0.3) is 0 Å². The Morgan fingerprint density at radius 2 is 1.95 bits per heavy atom. The summed E-state index contributed by atoms with van der Waals surface area (Å²) in [7, 11) is 0. The lowest BCUT2D eigenvalue weighted by Gasteiger charge is -2.37. The Hall–Kier alpha value is -1.50. The Labute approximate surface area is 128 Å². The van der Waals surface area contributed by atoms with Gasteiger partial charge in [0.2, 0.25) is 5.78 Å². The summed E-state index contributed by atoms with van der Waals surface area (Å²) in [6.45, 7) is 7.27. The number of rotatable bonds is 3. The van der Waals surface area contributed by atoms with Crippen molar-refractivity contribution >= 4 is 11.9 Å². The van der Waals surface area contributed by atoms with E-state index in [0.717, 1.165) is 6.08 Å². The van der Waals surface area contributed by atoms with Crippen molar-refractivity contribution in [3.05, 3.63) is 12.2 Å². The van der Waals surface area contributed by atoms with Crippen LogP contribution in [-0.2, 0) is 9.53 Å². The molecule has 0 bridgehead atoms. The molecule has 0 radical (unpaired) electrons. The second-order valence-electron chi connectivity index (χ2n) is 5.99. The van der Waals surface area contributed by atoms with E-state index in [1.165, 1.54) is 11.0 Å². The minimum absolute atomic E-state index is 0.224. The molecule has 5 nitrogen and oxygen atoms in total. The first kappa shape index (κ1) is 18.5. The Bertz CT molecular complexity index is 458. The molecule has 0 saturated heterocycles. The Morgan fingerprint density at radius 1 is 1.41 bits per heavy atom. The van der Waals surface area contributed by atoms with Crippen molar-refractivity contribution in [1.82, 2.24) is 4.90 Å². The van der Waals surface area contributed by atoms with Crippen LogP contribution < -0.4 is 0 Å². The van der Waals surface area contributed by atoms with Gasteiger partial charge in [-0.1, -0.05) is 26.0 Å². The number of halogens is 2. The van der Waals surface area contributed by atoms with Crippen LogP contribution in [0.3, 0.4) is 0 Å². The predicted molar refractivity (Wildman–Crippen MR) is 76.7 cm³/mol. The van der Waals surface area contributed by atoms with Crippen LogP contribution in [0.2, 0.25) is 0 Å². The number of allylic oxidation sites excluding steroid dienone is 1. The number of aliphatic hydroxyl groups excluding tert-OH is 1. The lowest BCUT2D eigenvalue weighted by molar-refractivity contribution is -0.171. The van der Waals surface area contributed by atoms with E-state index < -0.39 is 35.4 Å². The molecule has 0 fully saturated rings. The topological polar surface area (TPSA) is 66.8 Å². The maximum atomic E-state index is 14.0. The summed E-state index contributed by atoms with van der Waals surface area (Å²) in [6, 6.07) is 0. The van der Waals surface area contributed by atoms with Crippen molar-refractivity contribution < 1.29 is 28.2 Å². The fraction of sp³-hybridized carbons (Fsp3) is 0.733. The van der Waals surface area contributed by atoms with Crippen LogP contribution >= 0.6 is 0 Å². The monoisotopic (exact) mass is 319 g/mol. The average molecular weight is 319 g/mol. The van der Waals surface area contributed by atoms with Gasteiger partial charge in [0, 0.05) is 18.5 Å². The number of hydrogen-bond donors (Lipinski definition) is 1. The number of aliphatic hydroxyl groups is 1. The molecule has 1 amide bonds. The van der Waals surface area contributed by atoms with E-state index in [-0.39, 0.29) is 6.42 Å². The zero-order valence-electron chi connectivity index (χ0n) is 13.3. The van der Waals surface area contributed by atoms with E-state index in [1.807, 2.05) is 0 Å². The third-order valence-electron chi connectivity index (χ3n) is 3.85. The van der Waals surface area contributed by atoms with Crippen LogP contribution in [0.25, 0.3) is 0 Å². The number of ketones is 1. The van der Waals surface area contributed by atoms with Gasteiger partial charge in [0.1, 0.15) is 6.10 Å². The van der Waals surface area contributed by atoms with Crippen molar-refractivity contribution in [1.29, 1.82) is 0 Å². The van der Waals surface area contributed by atoms with Crippen LogP contribution in [0.1, 0.15) is 34.1 Å². The van der Waals surface area contributed by atoms with Crippen LogP contribution in [0.5, 0.6) is 0 Å². The van der Waals surface area contributed by atoms with E-state index in [9.17, 15) is 23.5 Å². The average Bonchev–Trinajstić information content (AvgIpc) is 2.43. The van der Waals surface area contributed by atoms with E-state index >= 15 is 0 Å². The van der Waals surface area contributed by atoms with Crippen molar-refractivity contribution in [2.45, 2.75) is 52.2 Å². The van der Waals surface area contributed by atoms with Crippen molar-refractivity contribution in [2.24, 2.45) is 5.41 Å². The van der Waals surface area contributed by atoms with Gasteiger partial charge < -0.3 is 14.7 Å². The standard InChI is InChI=1S/C15H23F2NO4/c1-5-18(6-2)13(21)22-12-11(20)15(16,17)10(19)8-7-9-14(12,3)4/h7-8,10,12,19H,5-6,9H2,1-4H3/b8-7-/t10-,12+/m1/s1. The minimum atomic E-state index is -4.00. The summed E-state index contributed by atoms with van der Waals surface area (Å²) in [5.74, 6) is -5.57. The number of nitrogens with zero attached hydrogens (tertiary/aromatic N) is 1. The van der Waals surface area contributed by atoms with E-state index in [1.54, 1.807) is 27.7 Å². The molecule has 1 N–H and O–H groups in total. The molecule has 0 aromatic rings. The minimum Gasteiger partial charge on any atom is -0.437 e. The lowest BCUT2D eigenvalue weighted by atomic mass is 9.77. The van der Waals surface area contributed by atoms with E-state index in [0.29, 0.717) is 13.1 Å². The van der Waals surface area contributed by atoms with E-state index in [2.05, 4.69) is 0 Å². The molecule has 1 aliphatic rings. The number of carbonyl (C=O) groups is 2. The highest BCUT2D eigenvalue weighted by molar-refractivity contribution is 5.93. The first-order valence-electron chi connectivity index (χ1n) is 7.30. The fourth-order valence-electron chi connectivity index (χ4n) is 2.27. The number of alkyl halides is 2. The van der Waals surface area contributed by atoms with Gasteiger partial charge in [-0.25, -0.2) is 4.79 Å². The SMILES string of the molecule is CCN(CC)C(=O)O[C@H]1C(=O)C(F)(F)[C@H](O)/C=C\CC1(C)C. The molecule has 1 aliphatic carbocycles. The molecular weight excluding hydrogens is 296 g/mol. The number of Topliss-reactive ketones (excluding diaryl/α,β-unsaturated/α-hetero) is 1. The fourth-order valence-corrected chi connectivity index (χ4v) is 2.27. The molecule has 0 aromatic heterocycles. The second kappa shape index (κ2) is 6.73. The molecule has 0 saturated carbocycles. The van der Waals surface area contributed by atoms with Gasteiger partial charge in [-0.15, -0.1) is 0 Å².